The van der Waals surface area contributed by atoms with Crippen molar-refractivity contribution in [1.29, 1.82) is 0 Å². The molecule has 0 saturated carbocycles. The lowest BCUT2D eigenvalue weighted by atomic mass is 10.2. The van der Waals surface area contributed by atoms with Crippen molar-refractivity contribution in [2.45, 2.75) is 18.4 Å². The Morgan fingerprint density at radius 1 is 1.40 bits per heavy atom. The molecule has 0 fully saturated rings. The van der Waals surface area contributed by atoms with E-state index in [4.69, 9.17) is 20.2 Å². The summed E-state index contributed by atoms with van der Waals surface area (Å²) in [6, 6.07) is 4.19. The first-order valence-corrected chi connectivity index (χ1v) is 8.15. The minimum atomic E-state index is -3.82. The Bertz CT molecular complexity index is 573. The topological polar surface area (TPSA) is 81.7 Å². The summed E-state index contributed by atoms with van der Waals surface area (Å²) in [7, 11) is 2.91. The number of carbonyl (C=O) groups excluding carboxylic acids is 1. The number of ether oxygens (including phenoxy) is 2. The normalized spacial score (nSPS) is 11.2. The van der Waals surface area contributed by atoms with Crippen LogP contribution in [0.5, 0.6) is 5.75 Å². The zero-order valence-electron chi connectivity index (χ0n) is 11.2. The molecule has 112 valence electrons. The van der Waals surface area contributed by atoms with Gasteiger partial charge in [-0.3, -0.25) is 4.79 Å². The smallest absolute Gasteiger partial charge is 0.261 e. The first-order valence-electron chi connectivity index (χ1n) is 5.84. The van der Waals surface area contributed by atoms with E-state index in [1.165, 1.54) is 25.3 Å². The molecule has 0 aliphatic carbocycles. The zero-order valence-corrected chi connectivity index (χ0v) is 12.8. The van der Waals surface area contributed by atoms with Gasteiger partial charge in [-0.1, -0.05) is 0 Å². The molecular formula is C12H16ClNO5S. The number of nitrogens with one attached hydrogen (secondary N) is 1. The van der Waals surface area contributed by atoms with Crippen molar-refractivity contribution in [2.75, 3.05) is 20.3 Å². The van der Waals surface area contributed by atoms with Crippen LogP contribution in [0.15, 0.2) is 23.1 Å². The molecule has 0 aliphatic rings. The van der Waals surface area contributed by atoms with Crippen LogP contribution in [0.2, 0.25) is 0 Å². The quantitative estimate of drug-likeness (QED) is 0.765. The zero-order chi connectivity index (χ0) is 15.2. The van der Waals surface area contributed by atoms with Crippen molar-refractivity contribution in [3.05, 3.63) is 23.8 Å². The van der Waals surface area contributed by atoms with E-state index in [1.807, 2.05) is 0 Å². The largest absolute Gasteiger partial charge is 0.496 e. The number of amides is 1. The van der Waals surface area contributed by atoms with Crippen LogP contribution in [-0.2, 0) is 25.1 Å². The number of hydrogen-bond acceptors (Lipinski definition) is 5. The standard InChI is InChI=1S/C12H16ClNO5S/c1-3-19-8-12(15)14-7-9-6-10(20(13,16)17)4-5-11(9)18-2/h4-6H,3,7-8H2,1-2H3,(H,14,15). The predicted octanol–water partition coefficient (Wildman–Crippen LogP) is 1.28. The monoisotopic (exact) mass is 321 g/mol. The molecule has 8 heteroatoms. The third-order valence-electron chi connectivity index (χ3n) is 2.45. The summed E-state index contributed by atoms with van der Waals surface area (Å²) >= 11 is 0. The lowest BCUT2D eigenvalue weighted by molar-refractivity contribution is -0.125. The van der Waals surface area contributed by atoms with Crippen LogP contribution in [0.25, 0.3) is 0 Å². The van der Waals surface area contributed by atoms with E-state index in [0.717, 1.165) is 0 Å². The number of benzene rings is 1. The Kier molecular flexibility index (Phi) is 6.25. The van der Waals surface area contributed by atoms with Gasteiger partial charge >= 0.3 is 0 Å². The average molecular weight is 322 g/mol. The summed E-state index contributed by atoms with van der Waals surface area (Å²) in [5.74, 6) is 0.166. The third kappa shape index (κ3) is 4.99. The second kappa shape index (κ2) is 7.47. The maximum Gasteiger partial charge on any atom is 0.261 e. The van der Waals surface area contributed by atoms with Gasteiger partial charge in [-0.05, 0) is 25.1 Å². The highest BCUT2D eigenvalue weighted by Crippen LogP contribution is 2.24. The summed E-state index contributed by atoms with van der Waals surface area (Å²) < 4.78 is 32.6. The first kappa shape index (κ1) is 16.7. The van der Waals surface area contributed by atoms with Crippen LogP contribution in [0.4, 0.5) is 0 Å². The second-order valence-corrected chi connectivity index (χ2v) is 6.39. The molecule has 1 rings (SSSR count). The maximum atomic E-state index is 11.4. The predicted molar refractivity (Wildman–Crippen MR) is 74.4 cm³/mol. The fraction of sp³-hybridized carbons (Fsp3) is 0.417. The van der Waals surface area contributed by atoms with E-state index in [-0.39, 0.29) is 24.0 Å². The lowest BCUT2D eigenvalue weighted by Gasteiger charge is -2.11. The summed E-state index contributed by atoms with van der Waals surface area (Å²) in [5.41, 5.74) is 0.513. The minimum Gasteiger partial charge on any atom is -0.496 e. The van der Waals surface area contributed by atoms with Crippen molar-refractivity contribution in [3.63, 3.8) is 0 Å². The van der Waals surface area contributed by atoms with Crippen molar-refractivity contribution in [3.8, 4) is 5.75 Å². The Labute approximate surface area is 122 Å². The van der Waals surface area contributed by atoms with Gasteiger partial charge in [0, 0.05) is 29.4 Å². The van der Waals surface area contributed by atoms with Gasteiger partial charge in [0.1, 0.15) is 12.4 Å². The summed E-state index contributed by atoms with van der Waals surface area (Å²) in [6.07, 6.45) is 0. The van der Waals surface area contributed by atoms with Crippen molar-refractivity contribution in [1.82, 2.24) is 5.32 Å². The molecule has 1 aromatic carbocycles. The van der Waals surface area contributed by atoms with Crippen LogP contribution >= 0.6 is 10.7 Å². The molecular weight excluding hydrogens is 306 g/mol. The van der Waals surface area contributed by atoms with Crippen LogP contribution in [-0.4, -0.2) is 34.6 Å². The number of methoxy groups -OCH3 is 1. The number of halogens is 1. The van der Waals surface area contributed by atoms with Crippen LogP contribution in [0, 0.1) is 0 Å². The summed E-state index contributed by atoms with van der Waals surface area (Å²) in [6.45, 7) is 2.30. The molecule has 1 N–H and O–H groups in total. The molecule has 6 nitrogen and oxygen atoms in total. The van der Waals surface area contributed by atoms with E-state index >= 15 is 0 Å². The van der Waals surface area contributed by atoms with E-state index in [1.54, 1.807) is 6.92 Å². The van der Waals surface area contributed by atoms with Gasteiger partial charge in [0.15, 0.2) is 0 Å². The highest BCUT2D eigenvalue weighted by molar-refractivity contribution is 8.13. The lowest BCUT2D eigenvalue weighted by Crippen LogP contribution is -2.27. The Morgan fingerprint density at radius 3 is 2.65 bits per heavy atom. The summed E-state index contributed by atoms with van der Waals surface area (Å²) in [4.78, 5) is 11.4. The van der Waals surface area contributed by atoms with Gasteiger partial charge in [0.25, 0.3) is 9.05 Å². The molecule has 0 unspecified atom stereocenters. The summed E-state index contributed by atoms with van der Waals surface area (Å²) in [5, 5.41) is 2.61. The number of carbonyl (C=O) groups is 1. The highest BCUT2D eigenvalue weighted by atomic mass is 35.7. The van der Waals surface area contributed by atoms with Gasteiger partial charge < -0.3 is 14.8 Å². The van der Waals surface area contributed by atoms with Gasteiger partial charge in [-0.25, -0.2) is 8.42 Å². The fourth-order valence-corrected chi connectivity index (χ4v) is 2.29. The molecule has 0 heterocycles. The molecule has 0 aromatic heterocycles. The van der Waals surface area contributed by atoms with E-state index < -0.39 is 9.05 Å². The molecule has 0 atom stereocenters. The van der Waals surface area contributed by atoms with Crippen molar-refractivity contribution < 1.29 is 22.7 Å². The fourth-order valence-electron chi connectivity index (χ4n) is 1.48. The van der Waals surface area contributed by atoms with E-state index in [2.05, 4.69) is 5.32 Å². The van der Waals surface area contributed by atoms with Crippen molar-refractivity contribution in [2.24, 2.45) is 0 Å². The molecule has 1 amide bonds. The third-order valence-corrected chi connectivity index (χ3v) is 3.80. The first-order chi connectivity index (χ1) is 9.38. The van der Waals surface area contributed by atoms with E-state index in [9.17, 15) is 13.2 Å². The van der Waals surface area contributed by atoms with Gasteiger partial charge in [0.2, 0.25) is 5.91 Å². The Balaban J connectivity index is 2.84. The van der Waals surface area contributed by atoms with Crippen LogP contribution < -0.4 is 10.1 Å². The molecule has 0 saturated heterocycles. The molecule has 1 aromatic rings. The second-order valence-electron chi connectivity index (χ2n) is 3.83. The van der Waals surface area contributed by atoms with Gasteiger partial charge in [-0.15, -0.1) is 0 Å². The van der Waals surface area contributed by atoms with Gasteiger partial charge in [0.05, 0.1) is 12.0 Å². The van der Waals surface area contributed by atoms with Crippen LogP contribution in [0.3, 0.4) is 0 Å². The van der Waals surface area contributed by atoms with E-state index in [0.29, 0.717) is 17.9 Å². The molecule has 20 heavy (non-hydrogen) atoms. The van der Waals surface area contributed by atoms with Crippen LogP contribution in [0.1, 0.15) is 12.5 Å². The van der Waals surface area contributed by atoms with Crippen molar-refractivity contribution >= 4 is 25.6 Å². The average Bonchev–Trinajstić information content (AvgIpc) is 2.41. The Hall–Kier alpha value is -1.31. The molecule has 0 spiro atoms. The van der Waals surface area contributed by atoms with Gasteiger partial charge in [-0.2, -0.15) is 0 Å². The number of rotatable bonds is 7. The highest BCUT2D eigenvalue weighted by Gasteiger charge is 2.14. The molecule has 0 radical (unpaired) electrons. The number of hydrogen-bond donors (Lipinski definition) is 1. The minimum absolute atomic E-state index is 0.0472. The molecule has 0 aliphatic heterocycles. The molecule has 0 bridgehead atoms. The maximum absolute atomic E-state index is 11.4. The Morgan fingerprint density at radius 2 is 2.10 bits per heavy atom. The SMILES string of the molecule is CCOCC(=O)NCc1cc(S(=O)(=O)Cl)ccc1OC.